The van der Waals surface area contributed by atoms with E-state index in [-0.39, 0.29) is 0 Å². The van der Waals surface area contributed by atoms with Gasteiger partial charge in [-0.05, 0) is 48.2 Å². The average molecular weight is 314 g/mol. The Labute approximate surface area is 118 Å². The number of nitrogens with zero attached hydrogens (tertiary/aromatic N) is 2. The molecule has 0 radical (unpaired) electrons. The Morgan fingerprint density at radius 3 is 2.78 bits per heavy atom. The fraction of sp³-hybridized carbons (Fsp3) is 0.786. The Morgan fingerprint density at radius 2 is 2.17 bits per heavy atom. The quantitative estimate of drug-likeness (QED) is 0.893. The van der Waals surface area contributed by atoms with Crippen LogP contribution in [-0.2, 0) is 6.54 Å². The fourth-order valence-corrected chi connectivity index (χ4v) is 3.68. The summed E-state index contributed by atoms with van der Waals surface area (Å²) in [5.74, 6) is 0.757. The maximum absolute atomic E-state index is 4.50. The second kappa shape index (κ2) is 6.71. The molecule has 0 aromatic carbocycles. The molecule has 1 atom stereocenters. The predicted octanol–water partition coefficient (Wildman–Crippen LogP) is 3.90. The van der Waals surface area contributed by atoms with Gasteiger partial charge in [0.05, 0.1) is 22.4 Å². The van der Waals surface area contributed by atoms with E-state index >= 15 is 0 Å². The van der Waals surface area contributed by atoms with E-state index in [0.717, 1.165) is 23.4 Å². The van der Waals surface area contributed by atoms with Gasteiger partial charge in [0.15, 0.2) is 0 Å². The molecule has 1 fully saturated rings. The van der Waals surface area contributed by atoms with Gasteiger partial charge in [0, 0.05) is 6.54 Å². The normalized spacial score (nSPS) is 19.1. The van der Waals surface area contributed by atoms with Crippen LogP contribution >= 0.6 is 15.9 Å². The van der Waals surface area contributed by atoms with Crippen LogP contribution in [0.2, 0.25) is 0 Å². The Balaban J connectivity index is 2.22. The van der Waals surface area contributed by atoms with Crippen LogP contribution in [0.5, 0.6) is 0 Å². The number of hydrogen-bond acceptors (Lipinski definition) is 2. The molecule has 4 heteroatoms. The molecule has 1 saturated carbocycles. The third kappa shape index (κ3) is 2.97. The summed E-state index contributed by atoms with van der Waals surface area (Å²) in [5, 5.41) is 8.02. The van der Waals surface area contributed by atoms with Crippen molar-refractivity contribution in [3.05, 3.63) is 16.4 Å². The molecule has 1 aromatic rings. The van der Waals surface area contributed by atoms with Crippen molar-refractivity contribution in [2.75, 3.05) is 7.05 Å². The number of aromatic nitrogens is 2. The summed E-state index contributed by atoms with van der Waals surface area (Å²) in [4.78, 5) is 0. The van der Waals surface area contributed by atoms with Gasteiger partial charge >= 0.3 is 0 Å². The molecule has 18 heavy (non-hydrogen) atoms. The molecule has 102 valence electrons. The summed E-state index contributed by atoms with van der Waals surface area (Å²) in [5.41, 5.74) is 1.34. The topological polar surface area (TPSA) is 29.9 Å². The lowest BCUT2D eigenvalue weighted by Gasteiger charge is -2.30. The molecule has 0 saturated heterocycles. The molecule has 0 bridgehead atoms. The smallest absolute Gasteiger partial charge is 0.0698 e. The van der Waals surface area contributed by atoms with Crippen molar-refractivity contribution in [2.24, 2.45) is 5.92 Å². The largest absolute Gasteiger partial charge is 0.311 e. The highest BCUT2D eigenvalue weighted by atomic mass is 79.9. The van der Waals surface area contributed by atoms with Crippen LogP contribution in [0.25, 0.3) is 0 Å². The van der Waals surface area contributed by atoms with Gasteiger partial charge in [-0.2, -0.15) is 5.10 Å². The Kier molecular flexibility index (Phi) is 5.25. The first kappa shape index (κ1) is 14.1. The minimum absolute atomic E-state index is 0.439. The highest BCUT2D eigenvalue weighted by Gasteiger charge is 2.28. The molecule has 1 aromatic heterocycles. The maximum atomic E-state index is 4.50. The zero-order chi connectivity index (χ0) is 13.0. The van der Waals surface area contributed by atoms with Crippen molar-refractivity contribution in [1.82, 2.24) is 15.1 Å². The molecule has 0 aliphatic heterocycles. The van der Waals surface area contributed by atoms with Crippen LogP contribution in [0, 0.1) is 5.92 Å². The molecule has 0 amide bonds. The number of halogens is 1. The first-order valence-corrected chi connectivity index (χ1v) is 7.95. The zero-order valence-corrected chi connectivity index (χ0v) is 13.0. The molecule has 1 unspecified atom stereocenters. The number of nitrogens with one attached hydrogen (secondary N) is 1. The third-order valence-electron chi connectivity index (χ3n) is 4.00. The van der Waals surface area contributed by atoms with Crippen LogP contribution in [0.1, 0.15) is 57.2 Å². The second-order valence-corrected chi connectivity index (χ2v) is 6.12. The molecular formula is C14H24BrN3. The van der Waals surface area contributed by atoms with Crippen molar-refractivity contribution in [2.45, 2.75) is 58.0 Å². The molecule has 1 N–H and O–H groups in total. The third-order valence-corrected chi connectivity index (χ3v) is 4.61. The van der Waals surface area contributed by atoms with E-state index in [4.69, 9.17) is 0 Å². The zero-order valence-electron chi connectivity index (χ0n) is 11.5. The maximum Gasteiger partial charge on any atom is 0.0698 e. The van der Waals surface area contributed by atoms with Crippen molar-refractivity contribution in [1.29, 1.82) is 0 Å². The number of hydrogen-bond donors (Lipinski definition) is 1. The van der Waals surface area contributed by atoms with Crippen LogP contribution < -0.4 is 5.32 Å². The van der Waals surface area contributed by atoms with E-state index in [1.165, 1.54) is 37.8 Å². The minimum Gasteiger partial charge on any atom is -0.311 e. The van der Waals surface area contributed by atoms with E-state index in [1.54, 1.807) is 0 Å². The van der Waals surface area contributed by atoms with Gasteiger partial charge in [0.1, 0.15) is 0 Å². The van der Waals surface area contributed by atoms with Gasteiger partial charge in [-0.15, -0.1) is 0 Å². The second-order valence-electron chi connectivity index (χ2n) is 5.27. The van der Waals surface area contributed by atoms with Crippen molar-refractivity contribution < 1.29 is 0 Å². The molecule has 0 spiro atoms. The summed E-state index contributed by atoms with van der Waals surface area (Å²) >= 11 is 3.67. The van der Waals surface area contributed by atoms with E-state index in [1.807, 2.05) is 6.20 Å². The summed E-state index contributed by atoms with van der Waals surface area (Å²) in [6.45, 7) is 3.21. The van der Waals surface area contributed by atoms with E-state index in [0.29, 0.717) is 6.04 Å². The van der Waals surface area contributed by atoms with Crippen LogP contribution in [0.3, 0.4) is 0 Å². The van der Waals surface area contributed by atoms with Gasteiger partial charge in [-0.1, -0.05) is 26.2 Å². The van der Waals surface area contributed by atoms with Crippen LogP contribution in [0.15, 0.2) is 10.7 Å². The molecular weight excluding hydrogens is 290 g/mol. The predicted molar refractivity (Wildman–Crippen MR) is 78.6 cm³/mol. The van der Waals surface area contributed by atoms with Gasteiger partial charge in [0.25, 0.3) is 0 Å². The van der Waals surface area contributed by atoms with Crippen LogP contribution in [0.4, 0.5) is 0 Å². The molecule has 3 nitrogen and oxygen atoms in total. The molecule has 1 heterocycles. The first-order chi connectivity index (χ1) is 8.77. The number of aryl methyl sites for hydroxylation is 1. The molecule has 1 aliphatic rings. The van der Waals surface area contributed by atoms with E-state index in [9.17, 15) is 0 Å². The lowest BCUT2D eigenvalue weighted by atomic mass is 9.82. The monoisotopic (exact) mass is 313 g/mol. The van der Waals surface area contributed by atoms with E-state index < -0.39 is 0 Å². The van der Waals surface area contributed by atoms with Gasteiger partial charge in [-0.25, -0.2) is 0 Å². The Hall–Kier alpha value is -0.350. The van der Waals surface area contributed by atoms with Crippen molar-refractivity contribution >= 4 is 15.9 Å². The van der Waals surface area contributed by atoms with Crippen LogP contribution in [-0.4, -0.2) is 16.8 Å². The summed E-state index contributed by atoms with van der Waals surface area (Å²) in [7, 11) is 2.08. The summed E-state index contributed by atoms with van der Waals surface area (Å²) < 4.78 is 3.32. The first-order valence-electron chi connectivity index (χ1n) is 7.16. The summed E-state index contributed by atoms with van der Waals surface area (Å²) in [6.07, 6.45) is 9.91. The Bertz CT molecular complexity index is 369. The van der Waals surface area contributed by atoms with Gasteiger partial charge < -0.3 is 5.32 Å². The highest BCUT2D eigenvalue weighted by molar-refractivity contribution is 9.10. The lowest BCUT2D eigenvalue weighted by Crippen LogP contribution is -2.29. The fourth-order valence-electron chi connectivity index (χ4n) is 3.13. The summed E-state index contributed by atoms with van der Waals surface area (Å²) in [6, 6.07) is 0.439. The average Bonchev–Trinajstić information content (AvgIpc) is 2.75. The number of rotatable bonds is 5. The van der Waals surface area contributed by atoms with E-state index in [2.05, 4.69) is 45.0 Å². The lowest BCUT2D eigenvalue weighted by molar-refractivity contribution is 0.270. The van der Waals surface area contributed by atoms with Crippen molar-refractivity contribution in [3.8, 4) is 0 Å². The Morgan fingerprint density at radius 1 is 1.44 bits per heavy atom. The van der Waals surface area contributed by atoms with Gasteiger partial charge in [0.2, 0.25) is 0 Å². The standard InChI is InChI=1S/C14H24BrN3/c1-3-9-18-14(12(15)10-17-18)13(16-2)11-7-5-4-6-8-11/h10-11,13,16H,3-9H2,1-2H3. The van der Waals surface area contributed by atoms with Gasteiger partial charge in [-0.3, -0.25) is 4.68 Å². The molecule has 2 rings (SSSR count). The minimum atomic E-state index is 0.439. The molecule has 1 aliphatic carbocycles. The SMILES string of the molecule is CCCn1ncc(Br)c1C(NC)C1CCCCC1. The van der Waals surface area contributed by atoms with Crippen molar-refractivity contribution in [3.63, 3.8) is 0 Å². The highest BCUT2D eigenvalue weighted by Crippen LogP contribution is 2.36.